The molecule has 0 N–H and O–H groups in total. The lowest BCUT2D eigenvalue weighted by Crippen LogP contribution is -1.90. The van der Waals surface area contributed by atoms with Gasteiger partial charge in [0.05, 0.1) is 9.95 Å². The van der Waals surface area contributed by atoms with E-state index in [0.29, 0.717) is 5.02 Å². The Hall–Kier alpha value is -0.740. The zero-order valence-corrected chi connectivity index (χ0v) is 8.78. The van der Waals surface area contributed by atoms with Crippen molar-refractivity contribution in [2.24, 2.45) is 0 Å². The molecule has 0 aliphatic carbocycles. The molecule has 0 amide bonds. The summed E-state index contributed by atoms with van der Waals surface area (Å²) in [5.74, 6) is 0. The Morgan fingerprint density at radius 3 is 2.62 bits per heavy atom. The fourth-order valence-electron chi connectivity index (χ4n) is 0.957. The Labute approximate surface area is 85.2 Å². The summed E-state index contributed by atoms with van der Waals surface area (Å²) in [5.41, 5.74) is 0.930. The molecule has 1 aromatic rings. The number of nitro benzene ring substituents is 1. The van der Waals surface area contributed by atoms with Gasteiger partial charge in [0, 0.05) is 17.0 Å². The van der Waals surface area contributed by atoms with Crippen molar-refractivity contribution in [1.29, 1.82) is 0 Å². The minimum Gasteiger partial charge on any atom is -0.258 e. The molecule has 70 valence electrons. The van der Waals surface area contributed by atoms with Gasteiger partial charge in [0.15, 0.2) is 0 Å². The van der Waals surface area contributed by atoms with Gasteiger partial charge in [0.25, 0.3) is 5.69 Å². The minimum atomic E-state index is -0.439. The molecule has 0 aliphatic rings. The first-order valence-corrected chi connectivity index (χ1v) is 5.15. The fourth-order valence-corrected chi connectivity index (χ4v) is 1.88. The highest BCUT2D eigenvalue weighted by atomic mass is 35.5. The second kappa shape index (κ2) is 3.98. The van der Waals surface area contributed by atoms with Gasteiger partial charge in [0.2, 0.25) is 0 Å². The van der Waals surface area contributed by atoms with Crippen LogP contribution in [0.15, 0.2) is 17.0 Å². The first-order chi connectivity index (χ1) is 6.06. The van der Waals surface area contributed by atoms with E-state index in [9.17, 15) is 10.1 Å². The van der Waals surface area contributed by atoms with Crippen LogP contribution in [0.4, 0.5) is 5.69 Å². The van der Waals surface area contributed by atoms with Gasteiger partial charge in [-0.2, -0.15) is 0 Å². The Morgan fingerprint density at radius 1 is 1.54 bits per heavy atom. The largest absolute Gasteiger partial charge is 0.272 e. The van der Waals surface area contributed by atoms with Crippen molar-refractivity contribution in [2.75, 3.05) is 6.26 Å². The second-order valence-electron chi connectivity index (χ2n) is 2.51. The van der Waals surface area contributed by atoms with Crippen LogP contribution in [0.1, 0.15) is 5.56 Å². The van der Waals surface area contributed by atoms with E-state index in [1.165, 1.54) is 23.9 Å². The van der Waals surface area contributed by atoms with Gasteiger partial charge in [-0.3, -0.25) is 10.1 Å². The highest BCUT2D eigenvalue weighted by Crippen LogP contribution is 2.31. The van der Waals surface area contributed by atoms with E-state index in [2.05, 4.69) is 0 Å². The molecule has 0 saturated heterocycles. The van der Waals surface area contributed by atoms with Crippen LogP contribution in [0.5, 0.6) is 0 Å². The molecule has 0 saturated carbocycles. The summed E-state index contributed by atoms with van der Waals surface area (Å²) in [7, 11) is 0. The zero-order valence-electron chi connectivity index (χ0n) is 7.20. The van der Waals surface area contributed by atoms with Crippen molar-refractivity contribution in [3.8, 4) is 0 Å². The summed E-state index contributed by atoms with van der Waals surface area (Å²) in [6.07, 6.45) is 1.86. The van der Waals surface area contributed by atoms with Gasteiger partial charge < -0.3 is 0 Å². The lowest BCUT2D eigenvalue weighted by molar-refractivity contribution is -0.385. The molecular weight excluding hydrogens is 210 g/mol. The van der Waals surface area contributed by atoms with Crippen LogP contribution in [0.3, 0.4) is 0 Å². The fraction of sp³-hybridized carbons (Fsp3) is 0.250. The molecule has 0 bridgehead atoms. The third-order valence-corrected chi connectivity index (χ3v) is 2.97. The molecule has 0 atom stereocenters. The van der Waals surface area contributed by atoms with Crippen molar-refractivity contribution < 1.29 is 4.92 Å². The monoisotopic (exact) mass is 217 g/mol. The summed E-state index contributed by atoms with van der Waals surface area (Å²) in [4.78, 5) is 10.9. The number of hydrogen-bond acceptors (Lipinski definition) is 3. The molecule has 0 unspecified atom stereocenters. The van der Waals surface area contributed by atoms with E-state index >= 15 is 0 Å². The third kappa shape index (κ3) is 2.14. The number of rotatable bonds is 2. The molecule has 1 aromatic carbocycles. The van der Waals surface area contributed by atoms with E-state index in [-0.39, 0.29) is 5.69 Å². The normalized spacial score (nSPS) is 10.1. The lowest BCUT2D eigenvalue weighted by atomic mass is 10.2. The number of hydrogen-bond donors (Lipinski definition) is 0. The molecule has 0 heterocycles. The maximum absolute atomic E-state index is 10.5. The first kappa shape index (κ1) is 10.3. The maximum atomic E-state index is 10.5. The van der Waals surface area contributed by atoms with Crippen molar-refractivity contribution in [3.63, 3.8) is 0 Å². The van der Waals surface area contributed by atoms with E-state index in [0.717, 1.165) is 10.5 Å². The van der Waals surface area contributed by atoms with Crippen LogP contribution in [0.2, 0.25) is 5.02 Å². The number of nitro groups is 1. The van der Waals surface area contributed by atoms with Crippen LogP contribution in [-0.2, 0) is 0 Å². The molecule has 1 rings (SSSR count). The predicted octanol–water partition coefficient (Wildman–Crippen LogP) is 3.28. The Balaban J connectivity index is 3.30. The molecule has 0 fully saturated rings. The number of benzene rings is 1. The summed E-state index contributed by atoms with van der Waals surface area (Å²) in [5, 5.41) is 10.9. The lowest BCUT2D eigenvalue weighted by Gasteiger charge is -2.03. The average molecular weight is 218 g/mol. The second-order valence-corrected chi connectivity index (χ2v) is 3.77. The van der Waals surface area contributed by atoms with E-state index in [1.807, 2.05) is 13.2 Å². The first-order valence-electron chi connectivity index (χ1n) is 3.54. The van der Waals surface area contributed by atoms with Crippen LogP contribution in [-0.4, -0.2) is 11.2 Å². The van der Waals surface area contributed by atoms with Crippen molar-refractivity contribution in [3.05, 3.63) is 32.8 Å². The standard InChI is InChI=1S/C8H8ClNO2S/c1-5-7(9)3-6(10(11)12)4-8(5)13-2/h3-4H,1-2H3. The summed E-state index contributed by atoms with van der Waals surface area (Å²) in [6.45, 7) is 1.85. The summed E-state index contributed by atoms with van der Waals surface area (Å²) in [6, 6.07) is 2.91. The Bertz CT molecular complexity index is 354. The van der Waals surface area contributed by atoms with Crippen molar-refractivity contribution >= 4 is 29.1 Å². The summed E-state index contributed by atoms with van der Waals surface area (Å²) < 4.78 is 0. The third-order valence-electron chi connectivity index (χ3n) is 1.71. The van der Waals surface area contributed by atoms with Gasteiger partial charge in [-0.25, -0.2) is 0 Å². The van der Waals surface area contributed by atoms with Crippen LogP contribution in [0, 0.1) is 17.0 Å². The molecule has 0 aromatic heterocycles. The van der Waals surface area contributed by atoms with E-state index in [1.54, 1.807) is 0 Å². The quantitative estimate of drug-likeness (QED) is 0.434. The molecule has 0 radical (unpaired) electrons. The molecule has 3 nitrogen and oxygen atoms in total. The molecule has 0 spiro atoms. The van der Waals surface area contributed by atoms with Gasteiger partial charge in [0.1, 0.15) is 0 Å². The average Bonchev–Trinajstić information content (AvgIpc) is 2.09. The van der Waals surface area contributed by atoms with Crippen molar-refractivity contribution in [1.82, 2.24) is 0 Å². The molecule has 0 aliphatic heterocycles. The summed E-state index contributed by atoms with van der Waals surface area (Å²) >= 11 is 7.28. The zero-order chi connectivity index (χ0) is 10.0. The van der Waals surface area contributed by atoms with Crippen LogP contribution < -0.4 is 0 Å². The highest BCUT2D eigenvalue weighted by molar-refractivity contribution is 7.98. The van der Waals surface area contributed by atoms with Gasteiger partial charge >= 0.3 is 0 Å². The van der Waals surface area contributed by atoms with Crippen LogP contribution in [0.25, 0.3) is 0 Å². The highest BCUT2D eigenvalue weighted by Gasteiger charge is 2.11. The van der Waals surface area contributed by atoms with Crippen LogP contribution >= 0.6 is 23.4 Å². The Kier molecular flexibility index (Phi) is 3.17. The number of thioether (sulfide) groups is 1. The predicted molar refractivity (Wildman–Crippen MR) is 54.6 cm³/mol. The van der Waals surface area contributed by atoms with Gasteiger partial charge in [-0.15, -0.1) is 11.8 Å². The van der Waals surface area contributed by atoms with E-state index < -0.39 is 4.92 Å². The molecule has 13 heavy (non-hydrogen) atoms. The molecular formula is C8H8ClNO2S. The topological polar surface area (TPSA) is 43.1 Å². The van der Waals surface area contributed by atoms with Crippen molar-refractivity contribution in [2.45, 2.75) is 11.8 Å². The van der Waals surface area contributed by atoms with E-state index in [4.69, 9.17) is 11.6 Å². The molecule has 5 heteroatoms. The Morgan fingerprint density at radius 2 is 2.15 bits per heavy atom. The number of nitrogens with zero attached hydrogens (tertiary/aromatic N) is 1. The number of non-ortho nitro benzene ring substituents is 1. The minimum absolute atomic E-state index is 0.0416. The number of halogens is 1. The maximum Gasteiger partial charge on any atom is 0.272 e. The van der Waals surface area contributed by atoms with Gasteiger partial charge in [-0.05, 0) is 18.7 Å². The van der Waals surface area contributed by atoms with Gasteiger partial charge in [-0.1, -0.05) is 11.6 Å². The smallest absolute Gasteiger partial charge is 0.258 e. The SMILES string of the molecule is CSc1cc([N+](=O)[O-])cc(Cl)c1C.